The van der Waals surface area contributed by atoms with Crippen LogP contribution in [0, 0.1) is 10.1 Å². The van der Waals surface area contributed by atoms with Gasteiger partial charge in [0.2, 0.25) is 5.91 Å². The zero-order valence-corrected chi connectivity index (χ0v) is 12.5. The first-order chi connectivity index (χ1) is 9.56. The van der Waals surface area contributed by atoms with Gasteiger partial charge in [-0.25, -0.2) is 0 Å². The summed E-state index contributed by atoms with van der Waals surface area (Å²) < 4.78 is 5.10. The molecule has 8 heteroatoms. The number of benzene rings is 1. The maximum absolute atomic E-state index is 12.2. The number of rotatable bonds is 5. The van der Waals surface area contributed by atoms with Crippen LogP contribution >= 0.6 is 12.4 Å². The zero-order chi connectivity index (χ0) is 14.7. The van der Waals surface area contributed by atoms with Crippen LogP contribution in [0.3, 0.4) is 0 Å². The van der Waals surface area contributed by atoms with Gasteiger partial charge >= 0.3 is 0 Å². The minimum Gasteiger partial charge on any atom is -0.380 e. The molecule has 0 spiro atoms. The maximum Gasteiger partial charge on any atom is 0.271 e. The van der Waals surface area contributed by atoms with Crippen molar-refractivity contribution in [2.75, 3.05) is 25.1 Å². The smallest absolute Gasteiger partial charge is 0.271 e. The van der Waals surface area contributed by atoms with Gasteiger partial charge in [-0.05, 0) is 12.0 Å². The molecule has 0 saturated heterocycles. The predicted molar refractivity (Wildman–Crippen MR) is 80.9 cm³/mol. The molecule has 0 bridgehead atoms. The fraction of sp³-hybridized carbons (Fsp3) is 0.462. The number of ether oxygens (including phenoxy) is 1. The third kappa shape index (κ3) is 3.69. The molecule has 21 heavy (non-hydrogen) atoms. The molecule has 1 aliphatic rings. The number of halogens is 1. The van der Waals surface area contributed by atoms with Gasteiger partial charge in [0, 0.05) is 32.3 Å². The van der Waals surface area contributed by atoms with E-state index < -0.39 is 4.92 Å². The number of fused-ring (bicyclic) bond motifs is 1. The third-order valence-corrected chi connectivity index (χ3v) is 3.47. The van der Waals surface area contributed by atoms with E-state index in [0.29, 0.717) is 18.7 Å². The van der Waals surface area contributed by atoms with E-state index in [2.05, 4.69) is 0 Å². The number of hydrogen-bond donors (Lipinski definition) is 1. The molecule has 1 aromatic rings. The molecule has 0 aromatic heterocycles. The van der Waals surface area contributed by atoms with E-state index in [9.17, 15) is 14.9 Å². The number of nitro groups is 1. The monoisotopic (exact) mass is 315 g/mol. The largest absolute Gasteiger partial charge is 0.380 e. The van der Waals surface area contributed by atoms with E-state index in [1.54, 1.807) is 11.0 Å². The van der Waals surface area contributed by atoms with Crippen LogP contribution < -0.4 is 10.6 Å². The minimum absolute atomic E-state index is 0. The van der Waals surface area contributed by atoms with Gasteiger partial charge in [-0.2, -0.15) is 0 Å². The number of non-ortho nitro benzene ring substituents is 1. The predicted octanol–water partition coefficient (Wildman–Crippen LogP) is 1.27. The van der Waals surface area contributed by atoms with E-state index >= 15 is 0 Å². The average molecular weight is 316 g/mol. The second-order valence-corrected chi connectivity index (χ2v) is 4.66. The molecule has 0 saturated carbocycles. The van der Waals surface area contributed by atoms with E-state index in [1.165, 1.54) is 19.2 Å². The van der Waals surface area contributed by atoms with Gasteiger partial charge in [-0.3, -0.25) is 14.9 Å². The lowest BCUT2D eigenvalue weighted by Crippen LogP contribution is -2.35. The molecule has 7 nitrogen and oxygen atoms in total. The van der Waals surface area contributed by atoms with Gasteiger partial charge in [0.1, 0.15) is 0 Å². The number of anilines is 1. The molecule has 1 atom stereocenters. The van der Waals surface area contributed by atoms with Crippen LogP contribution in [0.1, 0.15) is 12.0 Å². The van der Waals surface area contributed by atoms with Crippen LogP contribution in [-0.2, 0) is 16.0 Å². The van der Waals surface area contributed by atoms with Crippen LogP contribution in [0.15, 0.2) is 18.2 Å². The zero-order valence-electron chi connectivity index (χ0n) is 11.7. The summed E-state index contributed by atoms with van der Waals surface area (Å²) in [6, 6.07) is 4.62. The molecule has 116 valence electrons. The number of nitrogens with two attached hydrogens (primary N) is 1. The van der Waals surface area contributed by atoms with Crippen molar-refractivity contribution < 1.29 is 14.5 Å². The summed E-state index contributed by atoms with van der Waals surface area (Å²) in [5.74, 6) is -0.124. The summed E-state index contributed by atoms with van der Waals surface area (Å²) in [7, 11) is 1.51. The van der Waals surface area contributed by atoms with Crippen molar-refractivity contribution in [3.63, 3.8) is 0 Å². The van der Waals surface area contributed by atoms with E-state index in [-0.39, 0.29) is 43.1 Å². The van der Waals surface area contributed by atoms with Gasteiger partial charge < -0.3 is 15.4 Å². The number of nitro benzene ring substituents is 1. The van der Waals surface area contributed by atoms with Gasteiger partial charge in [-0.15, -0.1) is 12.4 Å². The van der Waals surface area contributed by atoms with Gasteiger partial charge in [0.25, 0.3) is 5.69 Å². The topological polar surface area (TPSA) is 98.7 Å². The molecule has 0 fully saturated rings. The van der Waals surface area contributed by atoms with Crippen LogP contribution in [-0.4, -0.2) is 37.1 Å². The molecule has 1 heterocycles. The number of methoxy groups -OCH3 is 1. The molecule has 2 rings (SSSR count). The quantitative estimate of drug-likeness (QED) is 0.651. The van der Waals surface area contributed by atoms with Gasteiger partial charge in [-0.1, -0.05) is 6.07 Å². The second-order valence-electron chi connectivity index (χ2n) is 4.66. The lowest BCUT2D eigenvalue weighted by atomic mass is 10.1. The van der Waals surface area contributed by atoms with Crippen LogP contribution in [0.2, 0.25) is 0 Å². The van der Waals surface area contributed by atoms with Crippen molar-refractivity contribution in [1.82, 2.24) is 0 Å². The number of carbonyl (C=O) groups excluding carboxylic acids is 1. The van der Waals surface area contributed by atoms with Crippen molar-refractivity contribution in [2.24, 2.45) is 5.73 Å². The average Bonchev–Trinajstić information content (AvgIpc) is 2.87. The number of carbonyl (C=O) groups is 1. The van der Waals surface area contributed by atoms with Gasteiger partial charge in [0.15, 0.2) is 0 Å². The summed E-state index contributed by atoms with van der Waals surface area (Å²) in [5, 5.41) is 10.8. The Hall–Kier alpha value is -1.70. The van der Waals surface area contributed by atoms with E-state index in [4.69, 9.17) is 10.5 Å². The summed E-state index contributed by atoms with van der Waals surface area (Å²) in [6.07, 6.45) is 0.555. The maximum atomic E-state index is 12.2. The number of nitrogens with zero attached hydrogens (tertiary/aromatic N) is 2. The highest BCUT2D eigenvalue weighted by molar-refractivity contribution is 5.96. The molecular formula is C13H18ClN3O4. The molecule has 1 aliphatic heterocycles. The Bertz CT molecular complexity index is 534. The fourth-order valence-electron chi connectivity index (χ4n) is 2.31. The van der Waals surface area contributed by atoms with E-state index in [1.807, 2.05) is 0 Å². The Labute approximate surface area is 128 Å². The summed E-state index contributed by atoms with van der Waals surface area (Å²) >= 11 is 0. The molecule has 0 radical (unpaired) electrons. The van der Waals surface area contributed by atoms with Gasteiger partial charge in [0.05, 0.1) is 23.1 Å². The van der Waals surface area contributed by atoms with Crippen LogP contribution in [0.4, 0.5) is 11.4 Å². The molecule has 1 aromatic carbocycles. The first-order valence-electron chi connectivity index (χ1n) is 6.37. The Morgan fingerprint density at radius 3 is 2.86 bits per heavy atom. The number of amides is 1. The summed E-state index contributed by atoms with van der Waals surface area (Å²) in [5.41, 5.74) is 7.07. The molecule has 1 amide bonds. The van der Waals surface area contributed by atoms with Crippen molar-refractivity contribution in [1.29, 1.82) is 0 Å². The van der Waals surface area contributed by atoms with Crippen LogP contribution in [0.25, 0.3) is 0 Å². The Kier molecular flexibility index (Phi) is 6.07. The SMILES string of the molecule is COC(CN)CC(=O)N1CCc2ccc([N+](=O)[O-])cc21.Cl. The number of hydrogen-bond acceptors (Lipinski definition) is 5. The minimum atomic E-state index is -0.459. The molecule has 0 aliphatic carbocycles. The molecule has 1 unspecified atom stereocenters. The Morgan fingerprint density at radius 1 is 1.57 bits per heavy atom. The lowest BCUT2D eigenvalue weighted by molar-refractivity contribution is -0.384. The van der Waals surface area contributed by atoms with E-state index in [0.717, 1.165) is 5.56 Å². The first kappa shape index (κ1) is 17.4. The fourth-order valence-corrected chi connectivity index (χ4v) is 2.31. The highest BCUT2D eigenvalue weighted by atomic mass is 35.5. The summed E-state index contributed by atoms with van der Waals surface area (Å²) in [6.45, 7) is 0.800. The normalized spacial score (nSPS) is 14.3. The van der Waals surface area contributed by atoms with Crippen molar-refractivity contribution in [3.8, 4) is 0 Å². The summed E-state index contributed by atoms with van der Waals surface area (Å²) in [4.78, 5) is 24.2. The van der Waals surface area contributed by atoms with Crippen LogP contribution in [0.5, 0.6) is 0 Å². The standard InChI is InChI=1S/C13H17N3O4.ClH/c1-20-11(8-14)7-13(17)15-5-4-9-2-3-10(16(18)19)6-12(9)15;/h2-3,6,11H,4-5,7-8,14H2,1H3;1H. The van der Waals surface area contributed by atoms with Crippen molar-refractivity contribution in [2.45, 2.75) is 18.9 Å². The first-order valence-corrected chi connectivity index (χ1v) is 6.37. The van der Waals surface area contributed by atoms with Crippen molar-refractivity contribution in [3.05, 3.63) is 33.9 Å². The second kappa shape index (κ2) is 7.35. The Morgan fingerprint density at radius 2 is 2.29 bits per heavy atom. The Balaban J connectivity index is 0.00000220. The molecular weight excluding hydrogens is 298 g/mol. The highest BCUT2D eigenvalue weighted by Gasteiger charge is 2.27. The highest BCUT2D eigenvalue weighted by Crippen LogP contribution is 2.32. The van der Waals surface area contributed by atoms with Crippen molar-refractivity contribution >= 4 is 29.7 Å². The molecule has 2 N–H and O–H groups in total. The third-order valence-electron chi connectivity index (χ3n) is 3.47. The lowest BCUT2D eigenvalue weighted by Gasteiger charge is -2.20.